The summed E-state index contributed by atoms with van der Waals surface area (Å²) in [6.45, 7) is 4.71. The minimum Gasteiger partial charge on any atom is -0.493 e. The number of benzene rings is 2. The number of nitrogens with one attached hydrogen (secondary N) is 2. The van der Waals surface area contributed by atoms with Crippen molar-refractivity contribution in [2.75, 3.05) is 27.3 Å². The van der Waals surface area contributed by atoms with Crippen molar-refractivity contribution >= 4 is 11.8 Å². The van der Waals surface area contributed by atoms with Gasteiger partial charge in [0.15, 0.2) is 11.5 Å². The van der Waals surface area contributed by atoms with Gasteiger partial charge < -0.3 is 20.1 Å². The van der Waals surface area contributed by atoms with Crippen molar-refractivity contribution in [3.63, 3.8) is 0 Å². The first-order valence-corrected chi connectivity index (χ1v) is 9.30. The molecule has 0 aliphatic rings. The molecule has 0 bridgehead atoms. The topological polar surface area (TPSA) is 76.7 Å². The molecular weight excluding hydrogens is 356 g/mol. The summed E-state index contributed by atoms with van der Waals surface area (Å²) in [5, 5.41) is 5.72. The summed E-state index contributed by atoms with van der Waals surface area (Å²) >= 11 is 0. The van der Waals surface area contributed by atoms with E-state index in [1.54, 1.807) is 32.4 Å². The van der Waals surface area contributed by atoms with Crippen LogP contribution in [0.5, 0.6) is 11.5 Å². The van der Waals surface area contributed by atoms with Crippen LogP contribution in [0.2, 0.25) is 0 Å². The Kier molecular flexibility index (Phi) is 7.87. The van der Waals surface area contributed by atoms with Gasteiger partial charge in [-0.05, 0) is 35.7 Å². The lowest BCUT2D eigenvalue weighted by Crippen LogP contribution is -2.38. The number of carbonyl (C=O) groups is 2. The molecule has 28 heavy (non-hydrogen) atoms. The third-order valence-corrected chi connectivity index (χ3v) is 4.46. The average molecular weight is 384 g/mol. The van der Waals surface area contributed by atoms with Gasteiger partial charge >= 0.3 is 0 Å². The molecule has 1 atom stereocenters. The molecule has 6 nitrogen and oxygen atoms in total. The van der Waals surface area contributed by atoms with Crippen LogP contribution in [-0.2, 0) is 4.79 Å². The molecule has 0 spiro atoms. The number of rotatable bonds is 9. The first kappa shape index (κ1) is 21.3. The minimum absolute atomic E-state index is 0.0869. The Bertz CT molecular complexity index is 790. The zero-order valence-corrected chi connectivity index (χ0v) is 16.8. The van der Waals surface area contributed by atoms with Gasteiger partial charge in [0.1, 0.15) is 0 Å². The van der Waals surface area contributed by atoms with Gasteiger partial charge in [0.2, 0.25) is 5.91 Å². The number of carbonyl (C=O) groups excluding carboxylic acids is 2. The standard InChI is InChI=1S/C22H28N2O4/c1-15(2)20(17-10-11-18(27-3)19(14-17)28-4)22(26)24-13-12-23-21(25)16-8-6-5-7-9-16/h5-11,14-15,20H,12-13H2,1-4H3,(H,23,25)(H,24,26). The second kappa shape index (κ2) is 10.3. The van der Waals surface area contributed by atoms with Gasteiger partial charge in [-0.2, -0.15) is 0 Å². The molecule has 0 aromatic heterocycles. The minimum atomic E-state index is -0.329. The molecule has 0 heterocycles. The van der Waals surface area contributed by atoms with E-state index in [1.807, 2.05) is 44.2 Å². The Morgan fingerprint density at radius 1 is 0.893 bits per heavy atom. The van der Waals surface area contributed by atoms with Gasteiger partial charge in [-0.3, -0.25) is 9.59 Å². The predicted molar refractivity (Wildman–Crippen MR) is 109 cm³/mol. The van der Waals surface area contributed by atoms with Crippen molar-refractivity contribution in [1.29, 1.82) is 0 Å². The first-order valence-electron chi connectivity index (χ1n) is 9.30. The van der Waals surface area contributed by atoms with Gasteiger partial charge in [-0.15, -0.1) is 0 Å². The quantitative estimate of drug-likeness (QED) is 0.652. The van der Waals surface area contributed by atoms with Crippen LogP contribution in [-0.4, -0.2) is 39.1 Å². The van der Waals surface area contributed by atoms with E-state index in [2.05, 4.69) is 10.6 Å². The summed E-state index contributed by atoms with van der Waals surface area (Å²) in [5.41, 5.74) is 1.46. The van der Waals surface area contributed by atoms with E-state index in [-0.39, 0.29) is 23.7 Å². The van der Waals surface area contributed by atoms with Crippen LogP contribution in [0.3, 0.4) is 0 Å². The largest absolute Gasteiger partial charge is 0.493 e. The van der Waals surface area contributed by atoms with E-state index in [0.717, 1.165) is 5.56 Å². The van der Waals surface area contributed by atoms with Crippen molar-refractivity contribution < 1.29 is 19.1 Å². The van der Waals surface area contributed by atoms with Crippen molar-refractivity contribution in [3.05, 3.63) is 59.7 Å². The van der Waals surface area contributed by atoms with Crippen LogP contribution >= 0.6 is 0 Å². The molecule has 1 unspecified atom stereocenters. The van der Waals surface area contributed by atoms with Crippen LogP contribution in [0.25, 0.3) is 0 Å². The van der Waals surface area contributed by atoms with E-state index in [4.69, 9.17) is 9.47 Å². The highest BCUT2D eigenvalue weighted by molar-refractivity contribution is 5.94. The smallest absolute Gasteiger partial charge is 0.251 e. The molecule has 2 rings (SSSR count). The normalized spacial score (nSPS) is 11.6. The maximum Gasteiger partial charge on any atom is 0.251 e. The number of ether oxygens (including phenoxy) is 2. The van der Waals surface area contributed by atoms with E-state index in [1.165, 1.54) is 0 Å². The highest BCUT2D eigenvalue weighted by atomic mass is 16.5. The third kappa shape index (κ3) is 5.49. The average Bonchev–Trinajstić information content (AvgIpc) is 2.71. The van der Waals surface area contributed by atoms with Crippen LogP contribution < -0.4 is 20.1 Å². The molecule has 0 aliphatic heterocycles. The number of amides is 2. The fourth-order valence-corrected chi connectivity index (χ4v) is 3.05. The first-order chi connectivity index (χ1) is 13.5. The summed E-state index contributed by atoms with van der Waals surface area (Å²) in [5.74, 6) is 0.735. The van der Waals surface area contributed by atoms with Crippen LogP contribution in [0, 0.1) is 5.92 Å². The predicted octanol–water partition coefficient (Wildman–Crippen LogP) is 2.99. The molecule has 0 fully saturated rings. The fourth-order valence-electron chi connectivity index (χ4n) is 3.05. The summed E-state index contributed by atoms with van der Waals surface area (Å²) in [7, 11) is 3.15. The Hall–Kier alpha value is -3.02. The Morgan fingerprint density at radius 2 is 1.54 bits per heavy atom. The molecule has 6 heteroatoms. The molecule has 150 valence electrons. The monoisotopic (exact) mass is 384 g/mol. The highest BCUT2D eigenvalue weighted by Crippen LogP contribution is 2.33. The van der Waals surface area contributed by atoms with Gasteiger partial charge in [-0.25, -0.2) is 0 Å². The molecule has 0 radical (unpaired) electrons. The zero-order chi connectivity index (χ0) is 20.5. The van der Waals surface area contributed by atoms with Crippen molar-refractivity contribution in [1.82, 2.24) is 10.6 Å². The molecule has 2 aromatic carbocycles. The van der Waals surface area contributed by atoms with Gasteiger partial charge in [0, 0.05) is 18.7 Å². The van der Waals surface area contributed by atoms with Crippen molar-refractivity contribution in [2.45, 2.75) is 19.8 Å². The maximum atomic E-state index is 12.8. The Balaban J connectivity index is 1.95. The third-order valence-electron chi connectivity index (χ3n) is 4.46. The molecule has 0 aliphatic carbocycles. The number of hydrogen-bond acceptors (Lipinski definition) is 4. The fraction of sp³-hybridized carbons (Fsp3) is 0.364. The van der Waals surface area contributed by atoms with Crippen molar-refractivity contribution in [3.8, 4) is 11.5 Å². The van der Waals surface area contributed by atoms with Crippen LogP contribution in [0.1, 0.15) is 35.7 Å². The summed E-state index contributed by atoms with van der Waals surface area (Å²) in [6, 6.07) is 14.5. The molecule has 0 saturated carbocycles. The van der Waals surface area contributed by atoms with Gasteiger partial charge in [-0.1, -0.05) is 38.1 Å². The molecule has 2 amide bonds. The highest BCUT2D eigenvalue weighted by Gasteiger charge is 2.25. The Labute approximate surface area is 166 Å². The SMILES string of the molecule is COc1ccc(C(C(=O)NCCNC(=O)c2ccccc2)C(C)C)cc1OC. The molecule has 2 aromatic rings. The number of hydrogen-bond donors (Lipinski definition) is 2. The molecular formula is C22H28N2O4. The summed E-state index contributed by atoms with van der Waals surface area (Å²) in [6.07, 6.45) is 0. The lowest BCUT2D eigenvalue weighted by Gasteiger charge is -2.22. The van der Waals surface area contributed by atoms with E-state index in [0.29, 0.717) is 30.2 Å². The van der Waals surface area contributed by atoms with Crippen LogP contribution in [0.15, 0.2) is 48.5 Å². The van der Waals surface area contributed by atoms with E-state index in [9.17, 15) is 9.59 Å². The summed E-state index contributed by atoms with van der Waals surface area (Å²) in [4.78, 5) is 24.8. The zero-order valence-electron chi connectivity index (χ0n) is 16.8. The maximum absolute atomic E-state index is 12.8. The lowest BCUT2D eigenvalue weighted by atomic mass is 9.87. The van der Waals surface area contributed by atoms with Crippen LogP contribution in [0.4, 0.5) is 0 Å². The second-order valence-corrected chi connectivity index (χ2v) is 6.75. The lowest BCUT2D eigenvalue weighted by molar-refractivity contribution is -0.123. The van der Waals surface area contributed by atoms with Gasteiger partial charge in [0.25, 0.3) is 5.91 Å². The molecule has 0 saturated heterocycles. The number of methoxy groups -OCH3 is 2. The van der Waals surface area contributed by atoms with Crippen molar-refractivity contribution in [2.24, 2.45) is 5.92 Å². The molecule has 2 N–H and O–H groups in total. The van der Waals surface area contributed by atoms with Gasteiger partial charge in [0.05, 0.1) is 20.1 Å². The summed E-state index contributed by atoms with van der Waals surface area (Å²) < 4.78 is 10.6. The van der Waals surface area contributed by atoms with E-state index >= 15 is 0 Å². The Morgan fingerprint density at radius 3 is 2.14 bits per heavy atom. The second-order valence-electron chi connectivity index (χ2n) is 6.75. The van der Waals surface area contributed by atoms with E-state index < -0.39 is 0 Å².